The van der Waals surface area contributed by atoms with Gasteiger partial charge in [0.15, 0.2) is 0 Å². The number of benzene rings is 1. The molecule has 24 heavy (non-hydrogen) atoms. The van der Waals surface area contributed by atoms with Crippen molar-refractivity contribution in [2.75, 3.05) is 45.2 Å². The molecule has 1 aromatic carbocycles. The van der Waals surface area contributed by atoms with Crippen molar-refractivity contribution in [3.63, 3.8) is 0 Å². The molecule has 1 N–H and O–H groups in total. The molecule has 0 bridgehead atoms. The summed E-state index contributed by atoms with van der Waals surface area (Å²) in [5.41, 5.74) is 0.484. The molecule has 2 rings (SSSR count). The molecule has 1 fully saturated rings. The number of hydrogen-bond donors (Lipinski definition) is 1. The first kappa shape index (κ1) is 17.6. The number of nitrogens with one attached hydrogen (secondary N) is 1. The summed E-state index contributed by atoms with van der Waals surface area (Å²) in [5.74, 6) is -0.752. The number of hydrogen-bond acceptors (Lipinski definition) is 5. The fourth-order valence-electron chi connectivity index (χ4n) is 2.34. The maximum absolute atomic E-state index is 12.2. The fourth-order valence-corrected chi connectivity index (χ4v) is 2.34. The van der Waals surface area contributed by atoms with Crippen molar-refractivity contribution >= 4 is 23.6 Å². The van der Waals surface area contributed by atoms with E-state index in [0.29, 0.717) is 44.2 Å². The highest BCUT2D eigenvalue weighted by molar-refractivity contribution is 6.39. The quantitative estimate of drug-likeness (QED) is 0.831. The van der Waals surface area contributed by atoms with Gasteiger partial charge in [-0.15, -0.1) is 0 Å². The van der Waals surface area contributed by atoms with Crippen LogP contribution >= 0.6 is 0 Å². The van der Waals surface area contributed by atoms with Crippen molar-refractivity contribution in [3.05, 3.63) is 24.3 Å². The van der Waals surface area contributed by atoms with E-state index in [2.05, 4.69) is 5.32 Å². The predicted molar refractivity (Wildman–Crippen MR) is 86.8 cm³/mol. The third-order valence-electron chi connectivity index (χ3n) is 3.61. The molecule has 0 spiro atoms. The van der Waals surface area contributed by atoms with E-state index in [1.807, 2.05) is 0 Å². The molecular formula is C16H21N3O5. The number of methoxy groups -OCH3 is 1. The van der Waals surface area contributed by atoms with Gasteiger partial charge in [0.1, 0.15) is 5.75 Å². The lowest BCUT2D eigenvalue weighted by atomic mass is 10.3. The molecule has 3 amide bonds. The molecule has 1 aromatic rings. The summed E-state index contributed by atoms with van der Waals surface area (Å²) in [4.78, 5) is 38.9. The Morgan fingerprint density at radius 2 is 1.79 bits per heavy atom. The fraction of sp³-hybridized carbons (Fsp3) is 0.438. The van der Waals surface area contributed by atoms with Crippen LogP contribution in [0.5, 0.6) is 5.75 Å². The van der Waals surface area contributed by atoms with Crippen LogP contribution in [0.3, 0.4) is 0 Å². The zero-order chi connectivity index (χ0) is 17.5. The average molecular weight is 335 g/mol. The van der Waals surface area contributed by atoms with Crippen LogP contribution in [-0.4, -0.2) is 67.6 Å². The summed E-state index contributed by atoms with van der Waals surface area (Å²) in [6.07, 6.45) is -0.398. The number of rotatable bonds is 3. The van der Waals surface area contributed by atoms with Crippen molar-refractivity contribution in [3.8, 4) is 5.75 Å². The van der Waals surface area contributed by atoms with E-state index < -0.39 is 17.9 Å². The summed E-state index contributed by atoms with van der Waals surface area (Å²) in [5, 5.41) is 2.55. The number of nitrogens with zero attached hydrogens (tertiary/aromatic N) is 2. The first-order chi connectivity index (χ1) is 11.5. The standard InChI is InChI=1S/C16H21N3O5/c1-3-24-16(22)19-9-7-18(8-10-19)15(21)14(20)17-12-5-4-6-13(11-12)23-2/h4-6,11H,3,7-10H2,1-2H3,(H,17,20). The van der Waals surface area contributed by atoms with Gasteiger partial charge >= 0.3 is 17.9 Å². The Morgan fingerprint density at radius 3 is 2.42 bits per heavy atom. The predicted octanol–water partition coefficient (Wildman–Crippen LogP) is 0.934. The highest BCUT2D eigenvalue weighted by Crippen LogP contribution is 2.16. The minimum atomic E-state index is -0.715. The second kappa shape index (κ2) is 8.19. The van der Waals surface area contributed by atoms with Crippen LogP contribution in [0, 0.1) is 0 Å². The normalized spacial score (nSPS) is 14.1. The van der Waals surface area contributed by atoms with Crippen LogP contribution in [0.4, 0.5) is 10.5 Å². The molecule has 8 nitrogen and oxygen atoms in total. The van der Waals surface area contributed by atoms with Crippen LogP contribution in [0.1, 0.15) is 6.92 Å². The lowest BCUT2D eigenvalue weighted by molar-refractivity contribution is -0.144. The van der Waals surface area contributed by atoms with Crippen LogP contribution in [0.25, 0.3) is 0 Å². The van der Waals surface area contributed by atoms with E-state index in [9.17, 15) is 14.4 Å². The van der Waals surface area contributed by atoms with E-state index in [1.165, 1.54) is 16.9 Å². The molecule has 130 valence electrons. The molecule has 0 aliphatic carbocycles. The molecule has 1 saturated heterocycles. The average Bonchev–Trinajstić information content (AvgIpc) is 2.61. The summed E-state index contributed by atoms with van der Waals surface area (Å²) in [6.45, 7) is 3.32. The van der Waals surface area contributed by atoms with Gasteiger partial charge in [0.05, 0.1) is 13.7 Å². The van der Waals surface area contributed by atoms with Crippen molar-refractivity contribution in [1.82, 2.24) is 9.80 Å². The van der Waals surface area contributed by atoms with E-state index in [1.54, 1.807) is 31.2 Å². The summed E-state index contributed by atoms with van der Waals surface area (Å²) in [7, 11) is 1.52. The third kappa shape index (κ3) is 4.37. The number of anilines is 1. The largest absolute Gasteiger partial charge is 0.497 e. The molecule has 0 saturated carbocycles. The van der Waals surface area contributed by atoms with Crippen molar-refractivity contribution in [1.29, 1.82) is 0 Å². The lowest BCUT2D eigenvalue weighted by Gasteiger charge is -2.33. The number of ether oxygens (including phenoxy) is 2. The van der Waals surface area contributed by atoms with Gasteiger partial charge in [-0.05, 0) is 19.1 Å². The second-order valence-electron chi connectivity index (χ2n) is 5.16. The molecule has 1 heterocycles. The molecule has 0 unspecified atom stereocenters. The topological polar surface area (TPSA) is 88.2 Å². The first-order valence-corrected chi connectivity index (χ1v) is 7.71. The van der Waals surface area contributed by atoms with Gasteiger partial charge in [-0.25, -0.2) is 4.79 Å². The van der Waals surface area contributed by atoms with Crippen LogP contribution in [-0.2, 0) is 14.3 Å². The Hall–Kier alpha value is -2.77. The molecule has 0 atom stereocenters. The zero-order valence-electron chi connectivity index (χ0n) is 13.8. The second-order valence-corrected chi connectivity index (χ2v) is 5.16. The highest BCUT2D eigenvalue weighted by Gasteiger charge is 2.28. The maximum atomic E-state index is 12.2. The van der Waals surface area contributed by atoms with Crippen LogP contribution in [0.2, 0.25) is 0 Å². The monoisotopic (exact) mass is 335 g/mol. The summed E-state index contributed by atoms with van der Waals surface area (Å²) < 4.78 is 9.99. The van der Waals surface area contributed by atoms with Crippen LogP contribution < -0.4 is 10.1 Å². The smallest absolute Gasteiger partial charge is 0.409 e. The van der Waals surface area contributed by atoms with Gasteiger partial charge < -0.3 is 24.6 Å². The van der Waals surface area contributed by atoms with E-state index in [-0.39, 0.29) is 0 Å². The first-order valence-electron chi connectivity index (χ1n) is 7.71. The van der Waals surface area contributed by atoms with Crippen LogP contribution in [0.15, 0.2) is 24.3 Å². The van der Waals surface area contributed by atoms with E-state index in [0.717, 1.165) is 0 Å². The van der Waals surface area contributed by atoms with Crippen molar-refractivity contribution < 1.29 is 23.9 Å². The minimum Gasteiger partial charge on any atom is -0.497 e. The van der Waals surface area contributed by atoms with E-state index >= 15 is 0 Å². The molecule has 1 aliphatic rings. The number of piperazine rings is 1. The summed E-state index contributed by atoms with van der Waals surface area (Å²) in [6, 6.07) is 6.76. The molecule has 0 radical (unpaired) electrons. The Bertz CT molecular complexity index is 611. The Kier molecular flexibility index (Phi) is 6.00. The van der Waals surface area contributed by atoms with Gasteiger partial charge in [0, 0.05) is 37.9 Å². The number of amides is 3. The Morgan fingerprint density at radius 1 is 1.12 bits per heavy atom. The lowest BCUT2D eigenvalue weighted by Crippen LogP contribution is -2.53. The number of carbonyl (C=O) groups excluding carboxylic acids is 3. The molecule has 8 heteroatoms. The Balaban J connectivity index is 1.88. The molecule has 0 aromatic heterocycles. The summed E-state index contributed by atoms with van der Waals surface area (Å²) >= 11 is 0. The highest BCUT2D eigenvalue weighted by atomic mass is 16.6. The molecule has 1 aliphatic heterocycles. The van der Waals surface area contributed by atoms with Gasteiger partial charge in [-0.3, -0.25) is 9.59 Å². The van der Waals surface area contributed by atoms with Gasteiger partial charge in [-0.2, -0.15) is 0 Å². The molecular weight excluding hydrogens is 314 g/mol. The van der Waals surface area contributed by atoms with Crippen molar-refractivity contribution in [2.45, 2.75) is 6.92 Å². The number of carbonyl (C=O) groups is 3. The van der Waals surface area contributed by atoms with Crippen molar-refractivity contribution in [2.24, 2.45) is 0 Å². The SMILES string of the molecule is CCOC(=O)N1CCN(C(=O)C(=O)Nc2cccc(OC)c2)CC1. The third-order valence-corrected chi connectivity index (χ3v) is 3.61. The Labute approximate surface area is 140 Å². The maximum Gasteiger partial charge on any atom is 0.409 e. The van der Waals surface area contributed by atoms with Gasteiger partial charge in [0.25, 0.3) is 0 Å². The van der Waals surface area contributed by atoms with E-state index in [4.69, 9.17) is 9.47 Å². The minimum absolute atomic E-state index is 0.295. The zero-order valence-corrected chi connectivity index (χ0v) is 13.8. The van der Waals surface area contributed by atoms with Gasteiger partial charge in [0.2, 0.25) is 0 Å². The van der Waals surface area contributed by atoms with Gasteiger partial charge in [-0.1, -0.05) is 6.07 Å².